The van der Waals surface area contributed by atoms with Crippen molar-refractivity contribution in [3.05, 3.63) is 52.3 Å². The van der Waals surface area contributed by atoms with Gasteiger partial charge in [-0.05, 0) is 37.5 Å². The SMILES string of the molecule is CC1=C(C(N)c2ccccn2)C(Cl)=CCC1. The molecule has 0 aromatic carbocycles. The molecule has 1 atom stereocenters. The van der Waals surface area contributed by atoms with E-state index in [-0.39, 0.29) is 6.04 Å². The summed E-state index contributed by atoms with van der Waals surface area (Å²) in [5, 5.41) is 0.780. The highest BCUT2D eigenvalue weighted by molar-refractivity contribution is 6.32. The van der Waals surface area contributed by atoms with Gasteiger partial charge in [0.15, 0.2) is 0 Å². The van der Waals surface area contributed by atoms with Crippen LogP contribution in [0.4, 0.5) is 0 Å². The highest BCUT2D eigenvalue weighted by atomic mass is 35.5. The number of allylic oxidation sites excluding steroid dienone is 2. The van der Waals surface area contributed by atoms with E-state index in [1.54, 1.807) is 6.20 Å². The van der Waals surface area contributed by atoms with Crippen molar-refractivity contribution in [2.45, 2.75) is 25.8 Å². The van der Waals surface area contributed by atoms with E-state index in [4.69, 9.17) is 17.3 Å². The van der Waals surface area contributed by atoms with Crippen LogP contribution >= 0.6 is 11.6 Å². The Morgan fingerprint density at radius 3 is 2.88 bits per heavy atom. The Hall–Kier alpha value is -1.12. The third-order valence-electron chi connectivity index (χ3n) is 2.88. The average Bonchev–Trinajstić information content (AvgIpc) is 2.30. The first-order valence-corrected chi connectivity index (χ1v) is 5.80. The Balaban J connectivity index is 2.35. The Bertz CT molecular complexity index is 435. The molecule has 0 saturated carbocycles. The van der Waals surface area contributed by atoms with Gasteiger partial charge in [0, 0.05) is 11.2 Å². The summed E-state index contributed by atoms with van der Waals surface area (Å²) in [6, 6.07) is 5.54. The lowest BCUT2D eigenvalue weighted by Crippen LogP contribution is -2.17. The van der Waals surface area contributed by atoms with Crippen LogP contribution in [0.2, 0.25) is 0 Å². The first kappa shape index (κ1) is 11.4. The van der Waals surface area contributed by atoms with Crippen LogP contribution in [0.25, 0.3) is 0 Å². The molecule has 84 valence electrons. The molecule has 0 fully saturated rings. The van der Waals surface area contributed by atoms with Crippen LogP contribution < -0.4 is 5.73 Å². The van der Waals surface area contributed by atoms with E-state index in [2.05, 4.69) is 11.9 Å². The van der Waals surface area contributed by atoms with E-state index >= 15 is 0 Å². The second kappa shape index (κ2) is 4.81. The lowest BCUT2D eigenvalue weighted by atomic mass is 9.92. The number of aromatic nitrogens is 1. The van der Waals surface area contributed by atoms with Crippen molar-refractivity contribution in [2.75, 3.05) is 0 Å². The molecule has 16 heavy (non-hydrogen) atoms. The van der Waals surface area contributed by atoms with Gasteiger partial charge in [0.1, 0.15) is 0 Å². The zero-order valence-corrected chi connectivity index (χ0v) is 10.0. The lowest BCUT2D eigenvalue weighted by Gasteiger charge is -2.21. The molecule has 3 heteroatoms. The summed E-state index contributed by atoms with van der Waals surface area (Å²) >= 11 is 6.22. The molecular weight excluding hydrogens is 220 g/mol. The molecule has 1 aliphatic carbocycles. The summed E-state index contributed by atoms with van der Waals surface area (Å²) < 4.78 is 0. The molecule has 1 unspecified atom stereocenters. The van der Waals surface area contributed by atoms with Crippen LogP contribution in [-0.2, 0) is 0 Å². The maximum absolute atomic E-state index is 6.22. The summed E-state index contributed by atoms with van der Waals surface area (Å²) in [5.41, 5.74) is 9.37. The predicted octanol–water partition coefficient (Wildman–Crippen LogP) is 3.31. The van der Waals surface area contributed by atoms with Crippen molar-refractivity contribution in [3.8, 4) is 0 Å². The van der Waals surface area contributed by atoms with Gasteiger partial charge in [-0.1, -0.05) is 29.3 Å². The normalized spacial score (nSPS) is 18.3. The molecule has 1 aromatic rings. The average molecular weight is 235 g/mol. The minimum atomic E-state index is -0.217. The maximum Gasteiger partial charge on any atom is 0.0740 e. The minimum Gasteiger partial charge on any atom is -0.319 e. The highest BCUT2D eigenvalue weighted by Crippen LogP contribution is 2.34. The molecular formula is C13H15ClN2. The van der Waals surface area contributed by atoms with Gasteiger partial charge < -0.3 is 5.73 Å². The number of halogens is 1. The molecule has 0 bridgehead atoms. The molecule has 0 saturated heterocycles. The van der Waals surface area contributed by atoms with Crippen molar-refractivity contribution >= 4 is 11.6 Å². The Morgan fingerprint density at radius 1 is 1.44 bits per heavy atom. The van der Waals surface area contributed by atoms with Gasteiger partial charge in [-0.15, -0.1) is 0 Å². The zero-order chi connectivity index (χ0) is 11.5. The molecule has 1 heterocycles. The van der Waals surface area contributed by atoms with Gasteiger partial charge in [0.2, 0.25) is 0 Å². The fourth-order valence-corrected chi connectivity index (χ4v) is 2.37. The third-order valence-corrected chi connectivity index (χ3v) is 3.24. The highest BCUT2D eigenvalue weighted by Gasteiger charge is 2.20. The van der Waals surface area contributed by atoms with Gasteiger partial charge in [-0.2, -0.15) is 0 Å². The number of hydrogen-bond donors (Lipinski definition) is 1. The molecule has 0 amide bonds. The maximum atomic E-state index is 6.22. The minimum absolute atomic E-state index is 0.217. The Labute approximate surface area is 101 Å². The summed E-state index contributed by atoms with van der Waals surface area (Å²) in [5.74, 6) is 0. The smallest absolute Gasteiger partial charge is 0.0740 e. The second-order valence-corrected chi connectivity index (χ2v) is 4.42. The third kappa shape index (κ3) is 2.18. The van der Waals surface area contributed by atoms with E-state index in [0.29, 0.717) is 0 Å². The first-order valence-electron chi connectivity index (χ1n) is 5.42. The Morgan fingerprint density at radius 2 is 2.25 bits per heavy atom. The van der Waals surface area contributed by atoms with Crippen molar-refractivity contribution in [1.29, 1.82) is 0 Å². The lowest BCUT2D eigenvalue weighted by molar-refractivity contribution is 0.782. The van der Waals surface area contributed by atoms with Crippen LogP contribution in [-0.4, -0.2) is 4.98 Å². The van der Waals surface area contributed by atoms with Gasteiger partial charge in [-0.25, -0.2) is 0 Å². The first-order chi connectivity index (χ1) is 7.70. The van der Waals surface area contributed by atoms with E-state index in [1.165, 1.54) is 5.57 Å². The molecule has 1 aliphatic rings. The van der Waals surface area contributed by atoms with Crippen molar-refractivity contribution < 1.29 is 0 Å². The van der Waals surface area contributed by atoms with Gasteiger partial charge in [-0.3, -0.25) is 4.98 Å². The molecule has 0 spiro atoms. The largest absolute Gasteiger partial charge is 0.319 e. The fraction of sp³-hybridized carbons (Fsp3) is 0.308. The predicted molar refractivity (Wildman–Crippen MR) is 67.0 cm³/mol. The summed E-state index contributed by atoms with van der Waals surface area (Å²) in [6.07, 6.45) is 5.83. The molecule has 2 rings (SSSR count). The van der Waals surface area contributed by atoms with Gasteiger partial charge in [0.05, 0.1) is 11.7 Å². The zero-order valence-electron chi connectivity index (χ0n) is 9.28. The van der Waals surface area contributed by atoms with Gasteiger partial charge in [0.25, 0.3) is 0 Å². The number of rotatable bonds is 2. The van der Waals surface area contributed by atoms with E-state index in [1.807, 2.05) is 24.3 Å². The monoisotopic (exact) mass is 234 g/mol. The van der Waals surface area contributed by atoms with Crippen LogP contribution in [0.15, 0.2) is 46.7 Å². The van der Waals surface area contributed by atoms with Crippen LogP contribution in [0.1, 0.15) is 31.5 Å². The molecule has 2 N–H and O–H groups in total. The number of nitrogens with two attached hydrogens (primary N) is 1. The summed E-state index contributed by atoms with van der Waals surface area (Å²) in [7, 11) is 0. The summed E-state index contributed by atoms with van der Waals surface area (Å²) in [6.45, 7) is 2.09. The summed E-state index contributed by atoms with van der Waals surface area (Å²) in [4.78, 5) is 4.28. The molecule has 0 aliphatic heterocycles. The number of hydrogen-bond acceptors (Lipinski definition) is 2. The van der Waals surface area contributed by atoms with Crippen LogP contribution in [0.3, 0.4) is 0 Å². The number of pyridine rings is 1. The van der Waals surface area contributed by atoms with Gasteiger partial charge >= 0.3 is 0 Å². The standard InChI is InChI=1S/C13H15ClN2/c1-9-5-4-6-10(14)12(9)13(15)11-7-2-3-8-16-11/h2-3,6-8,13H,4-5,15H2,1H3. The quantitative estimate of drug-likeness (QED) is 0.853. The van der Waals surface area contributed by atoms with Crippen molar-refractivity contribution in [1.82, 2.24) is 4.98 Å². The topological polar surface area (TPSA) is 38.9 Å². The van der Waals surface area contributed by atoms with Crippen molar-refractivity contribution in [3.63, 3.8) is 0 Å². The molecule has 0 radical (unpaired) electrons. The molecule has 2 nitrogen and oxygen atoms in total. The van der Waals surface area contributed by atoms with Crippen LogP contribution in [0, 0.1) is 0 Å². The second-order valence-electron chi connectivity index (χ2n) is 4.02. The number of nitrogens with zero attached hydrogens (tertiary/aromatic N) is 1. The fourth-order valence-electron chi connectivity index (χ4n) is 1.99. The van der Waals surface area contributed by atoms with E-state index in [0.717, 1.165) is 29.1 Å². The van der Waals surface area contributed by atoms with Crippen LogP contribution in [0.5, 0.6) is 0 Å². The van der Waals surface area contributed by atoms with E-state index < -0.39 is 0 Å². The van der Waals surface area contributed by atoms with E-state index in [9.17, 15) is 0 Å². The molecule has 1 aromatic heterocycles. The Kier molecular flexibility index (Phi) is 3.42. The van der Waals surface area contributed by atoms with Crippen molar-refractivity contribution in [2.24, 2.45) is 5.73 Å².